The molecule has 0 spiro atoms. The van der Waals surface area contributed by atoms with Crippen molar-refractivity contribution < 1.29 is 19.1 Å². The van der Waals surface area contributed by atoms with Crippen molar-refractivity contribution in [3.05, 3.63) is 53.1 Å². The molecule has 0 unspecified atom stereocenters. The third kappa shape index (κ3) is 4.05. The summed E-state index contributed by atoms with van der Waals surface area (Å²) >= 11 is 0. The highest BCUT2D eigenvalue weighted by Crippen LogP contribution is 2.32. The van der Waals surface area contributed by atoms with Gasteiger partial charge in [0, 0.05) is 12.2 Å². The summed E-state index contributed by atoms with van der Waals surface area (Å²) in [5.74, 6) is 0.659. The topological polar surface area (TPSA) is 76.7 Å². The van der Waals surface area contributed by atoms with Gasteiger partial charge in [-0.05, 0) is 57.0 Å². The molecule has 2 amide bonds. The van der Waals surface area contributed by atoms with Gasteiger partial charge < -0.3 is 20.1 Å². The summed E-state index contributed by atoms with van der Waals surface area (Å²) in [7, 11) is 0. The normalized spacial score (nSPS) is 12.6. The number of nitrogens with one attached hydrogen (secondary N) is 2. The second-order valence-electron chi connectivity index (χ2n) is 7.27. The Bertz CT molecular complexity index is 890. The smallest absolute Gasteiger partial charge is 0.239 e. The van der Waals surface area contributed by atoms with Crippen LogP contribution in [0.25, 0.3) is 0 Å². The number of fused-ring (bicyclic) bond motifs is 1. The number of hydrogen-bond donors (Lipinski definition) is 2. The van der Waals surface area contributed by atoms with E-state index < -0.39 is 5.41 Å². The van der Waals surface area contributed by atoms with E-state index in [1.165, 1.54) is 0 Å². The maximum Gasteiger partial charge on any atom is 0.239 e. The minimum absolute atomic E-state index is 0.205. The molecule has 0 aliphatic carbocycles. The molecule has 27 heavy (non-hydrogen) atoms. The molecule has 1 aliphatic heterocycles. The van der Waals surface area contributed by atoms with Crippen molar-refractivity contribution in [3.63, 3.8) is 0 Å². The molecule has 1 aliphatic rings. The number of hydrogen-bond acceptors (Lipinski definition) is 4. The molecule has 0 atom stereocenters. The largest absolute Gasteiger partial charge is 0.454 e. The standard InChI is InChI=1S/C21H24N2O4/c1-13-5-7-16(14(2)9-13)23-20(25)21(3,4)19(24)22-11-15-6-8-17-18(10-15)27-12-26-17/h5-10H,11-12H2,1-4H3,(H,22,24)(H,23,25). The highest BCUT2D eigenvalue weighted by Gasteiger charge is 2.36. The molecule has 0 aromatic heterocycles. The van der Waals surface area contributed by atoms with Crippen LogP contribution in [0, 0.1) is 19.3 Å². The summed E-state index contributed by atoms with van der Waals surface area (Å²) in [6, 6.07) is 11.3. The quantitative estimate of drug-likeness (QED) is 0.794. The minimum atomic E-state index is -1.21. The maximum absolute atomic E-state index is 12.7. The molecule has 142 valence electrons. The summed E-state index contributed by atoms with van der Waals surface area (Å²) in [5.41, 5.74) is 2.44. The Hall–Kier alpha value is -3.02. The number of anilines is 1. The van der Waals surface area contributed by atoms with Gasteiger partial charge >= 0.3 is 0 Å². The molecule has 0 saturated carbocycles. The fraction of sp³-hybridized carbons (Fsp3) is 0.333. The first-order chi connectivity index (χ1) is 12.8. The number of carbonyl (C=O) groups excluding carboxylic acids is 2. The lowest BCUT2D eigenvalue weighted by Gasteiger charge is -2.23. The van der Waals surface area contributed by atoms with E-state index in [2.05, 4.69) is 10.6 Å². The van der Waals surface area contributed by atoms with Crippen molar-refractivity contribution in [2.24, 2.45) is 5.41 Å². The maximum atomic E-state index is 12.7. The van der Waals surface area contributed by atoms with Crippen LogP contribution in [0.3, 0.4) is 0 Å². The van der Waals surface area contributed by atoms with Crippen LogP contribution in [0.4, 0.5) is 5.69 Å². The van der Waals surface area contributed by atoms with Gasteiger partial charge in [-0.15, -0.1) is 0 Å². The Kier molecular flexibility index (Phi) is 5.08. The van der Waals surface area contributed by atoms with Gasteiger partial charge in [-0.1, -0.05) is 23.8 Å². The van der Waals surface area contributed by atoms with Gasteiger partial charge in [-0.25, -0.2) is 0 Å². The van der Waals surface area contributed by atoms with Crippen LogP contribution in [0.2, 0.25) is 0 Å². The van der Waals surface area contributed by atoms with Gasteiger partial charge in [0.05, 0.1) is 0 Å². The molecule has 6 nitrogen and oxygen atoms in total. The lowest BCUT2D eigenvalue weighted by Crippen LogP contribution is -2.45. The summed E-state index contributed by atoms with van der Waals surface area (Å²) in [6.07, 6.45) is 0. The first-order valence-corrected chi connectivity index (χ1v) is 8.83. The van der Waals surface area contributed by atoms with Crippen LogP contribution in [-0.4, -0.2) is 18.6 Å². The van der Waals surface area contributed by atoms with Crippen LogP contribution in [0.15, 0.2) is 36.4 Å². The molecule has 0 fully saturated rings. The Labute approximate surface area is 158 Å². The van der Waals surface area contributed by atoms with Crippen molar-refractivity contribution >= 4 is 17.5 Å². The van der Waals surface area contributed by atoms with E-state index in [0.29, 0.717) is 23.7 Å². The Balaban J connectivity index is 1.62. The molecular weight excluding hydrogens is 344 g/mol. The Morgan fingerprint density at radius 1 is 1.00 bits per heavy atom. The van der Waals surface area contributed by atoms with Gasteiger partial charge in [0.15, 0.2) is 11.5 Å². The zero-order valence-electron chi connectivity index (χ0n) is 16.0. The van der Waals surface area contributed by atoms with Gasteiger partial charge in [0.25, 0.3) is 0 Å². The second-order valence-corrected chi connectivity index (χ2v) is 7.27. The first-order valence-electron chi connectivity index (χ1n) is 8.83. The highest BCUT2D eigenvalue weighted by molar-refractivity contribution is 6.10. The number of benzene rings is 2. The van der Waals surface area contributed by atoms with Crippen LogP contribution in [0.5, 0.6) is 11.5 Å². The van der Waals surface area contributed by atoms with Crippen LogP contribution >= 0.6 is 0 Å². The summed E-state index contributed by atoms with van der Waals surface area (Å²) in [6.45, 7) is 7.65. The Morgan fingerprint density at radius 3 is 2.48 bits per heavy atom. The molecule has 2 N–H and O–H groups in total. The third-order valence-electron chi connectivity index (χ3n) is 4.66. The second kappa shape index (κ2) is 7.31. The molecule has 0 saturated heterocycles. The fourth-order valence-electron chi connectivity index (χ4n) is 2.79. The average Bonchev–Trinajstić information content (AvgIpc) is 3.09. The predicted molar refractivity (Wildman–Crippen MR) is 103 cm³/mol. The molecule has 6 heteroatoms. The van der Waals surface area contributed by atoms with Gasteiger partial charge in [0.1, 0.15) is 5.41 Å². The van der Waals surface area contributed by atoms with Crippen molar-refractivity contribution in [1.82, 2.24) is 5.32 Å². The van der Waals surface area contributed by atoms with Gasteiger partial charge in [-0.2, -0.15) is 0 Å². The van der Waals surface area contributed by atoms with Crippen molar-refractivity contribution in [3.8, 4) is 11.5 Å². The van der Waals surface area contributed by atoms with Crippen LogP contribution < -0.4 is 20.1 Å². The zero-order valence-corrected chi connectivity index (χ0v) is 16.0. The lowest BCUT2D eigenvalue weighted by atomic mass is 9.90. The summed E-state index contributed by atoms with van der Waals surface area (Å²) < 4.78 is 10.6. The van der Waals surface area contributed by atoms with Crippen LogP contribution in [0.1, 0.15) is 30.5 Å². The Morgan fingerprint density at radius 2 is 1.74 bits per heavy atom. The number of ether oxygens (including phenoxy) is 2. The third-order valence-corrected chi connectivity index (χ3v) is 4.66. The SMILES string of the molecule is Cc1ccc(NC(=O)C(C)(C)C(=O)NCc2ccc3c(c2)OCO3)c(C)c1. The van der Waals surface area contributed by atoms with E-state index in [1.807, 2.05) is 50.2 Å². The van der Waals surface area contributed by atoms with Crippen molar-refractivity contribution in [2.75, 3.05) is 12.1 Å². The monoisotopic (exact) mass is 368 g/mol. The highest BCUT2D eigenvalue weighted by atomic mass is 16.7. The predicted octanol–water partition coefficient (Wildman–Crippen LogP) is 3.31. The number of rotatable bonds is 5. The number of carbonyl (C=O) groups is 2. The molecule has 1 heterocycles. The van der Waals surface area contributed by atoms with E-state index in [0.717, 1.165) is 16.7 Å². The van der Waals surface area contributed by atoms with Gasteiger partial charge in [-0.3, -0.25) is 9.59 Å². The van der Waals surface area contributed by atoms with E-state index in [4.69, 9.17) is 9.47 Å². The summed E-state index contributed by atoms with van der Waals surface area (Å²) in [5, 5.41) is 5.68. The molecule has 2 aromatic rings. The first kappa shape index (κ1) is 18.8. The molecule has 0 bridgehead atoms. The number of amides is 2. The van der Waals surface area contributed by atoms with E-state index in [-0.39, 0.29) is 18.6 Å². The fourth-order valence-corrected chi connectivity index (χ4v) is 2.79. The molecular formula is C21H24N2O4. The van der Waals surface area contributed by atoms with E-state index >= 15 is 0 Å². The molecule has 2 aromatic carbocycles. The van der Waals surface area contributed by atoms with Crippen molar-refractivity contribution in [1.29, 1.82) is 0 Å². The molecule has 3 rings (SSSR count). The zero-order chi connectivity index (χ0) is 19.6. The van der Waals surface area contributed by atoms with E-state index in [9.17, 15) is 9.59 Å². The molecule has 0 radical (unpaired) electrons. The van der Waals surface area contributed by atoms with Crippen molar-refractivity contribution in [2.45, 2.75) is 34.2 Å². The summed E-state index contributed by atoms with van der Waals surface area (Å²) in [4.78, 5) is 25.3. The number of aryl methyl sites for hydroxylation is 2. The average molecular weight is 368 g/mol. The van der Waals surface area contributed by atoms with Gasteiger partial charge in [0.2, 0.25) is 18.6 Å². The van der Waals surface area contributed by atoms with E-state index in [1.54, 1.807) is 13.8 Å². The minimum Gasteiger partial charge on any atom is -0.454 e. The van der Waals surface area contributed by atoms with Crippen LogP contribution in [-0.2, 0) is 16.1 Å². The lowest BCUT2D eigenvalue weighted by molar-refractivity contribution is -0.138.